The Morgan fingerprint density at radius 2 is 2.00 bits per heavy atom. The first-order valence-electron chi connectivity index (χ1n) is 6.62. The normalized spacial score (nSPS) is 30.3. The van der Waals surface area contributed by atoms with Gasteiger partial charge in [0.25, 0.3) is 0 Å². The highest BCUT2D eigenvalue weighted by Crippen LogP contribution is 2.55. The minimum absolute atomic E-state index is 0.00499. The zero-order valence-corrected chi connectivity index (χ0v) is 11.5. The number of carbonyl (C=O) groups excluding carboxylic acids is 1. The van der Waals surface area contributed by atoms with Crippen molar-refractivity contribution < 1.29 is 14.6 Å². The molecule has 0 spiro atoms. The average molecular weight is 250 g/mol. The van der Waals surface area contributed by atoms with Crippen LogP contribution in [0, 0.1) is 10.8 Å². The van der Waals surface area contributed by atoms with E-state index in [1.807, 2.05) is 0 Å². The molecule has 0 radical (unpaired) electrons. The Morgan fingerprint density at radius 3 is 2.67 bits per heavy atom. The number of hydrogen-bond acceptors (Lipinski definition) is 3. The van der Waals surface area contributed by atoms with Gasteiger partial charge in [-0.1, -0.05) is 20.3 Å². The van der Waals surface area contributed by atoms with Crippen molar-refractivity contribution in [1.82, 2.24) is 0 Å². The summed E-state index contributed by atoms with van der Waals surface area (Å²) in [5.74, 6) is 0.734. The predicted molar refractivity (Wildman–Crippen MR) is 69.9 cm³/mol. The maximum atomic E-state index is 11.8. The topological polar surface area (TPSA) is 46.5 Å². The molecule has 0 bridgehead atoms. The summed E-state index contributed by atoms with van der Waals surface area (Å²) in [7, 11) is 0. The van der Waals surface area contributed by atoms with E-state index in [-0.39, 0.29) is 29.8 Å². The lowest BCUT2D eigenvalue weighted by molar-refractivity contribution is -0.111. The Balaban J connectivity index is 2.37. The van der Waals surface area contributed by atoms with Gasteiger partial charge in [-0.3, -0.25) is 4.79 Å². The van der Waals surface area contributed by atoms with Crippen LogP contribution in [0.15, 0.2) is 23.5 Å². The van der Waals surface area contributed by atoms with Crippen LogP contribution in [-0.4, -0.2) is 24.1 Å². The van der Waals surface area contributed by atoms with E-state index in [1.165, 1.54) is 5.57 Å². The first-order valence-corrected chi connectivity index (χ1v) is 6.62. The lowest BCUT2D eigenvalue weighted by atomic mass is 9.58. The van der Waals surface area contributed by atoms with E-state index in [2.05, 4.69) is 20.8 Å². The Morgan fingerprint density at radius 1 is 1.28 bits per heavy atom. The zero-order chi connectivity index (χ0) is 13.4. The van der Waals surface area contributed by atoms with Gasteiger partial charge in [0, 0.05) is 11.5 Å². The Labute approximate surface area is 109 Å². The van der Waals surface area contributed by atoms with Crippen molar-refractivity contribution in [2.24, 2.45) is 10.8 Å². The van der Waals surface area contributed by atoms with Crippen LogP contribution in [-0.2, 0) is 9.53 Å². The first-order chi connectivity index (χ1) is 8.40. The van der Waals surface area contributed by atoms with E-state index in [0.29, 0.717) is 0 Å². The minimum Gasteiger partial charge on any atom is -0.494 e. The molecule has 0 aliphatic heterocycles. The lowest BCUT2D eigenvalue weighted by Gasteiger charge is -2.47. The molecule has 0 aromatic heterocycles. The quantitative estimate of drug-likeness (QED) is 0.837. The molecule has 3 heteroatoms. The number of carbonyl (C=O) groups is 1. The Kier molecular flexibility index (Phi) is 3.37. The highest BCUT2D eigenvalue weighted by Gasteiger charge is 2.47. The van der Waals surface area contributed by atoms with Gasteiger partial charge in [0.1, 0.15) is 12.4 Å². The summed E-state index contributed by atoms with van der Waals surface area (Å²) in [4.78, 5) is 11.8. The summed E-state index contributed by atoms with van der Waals surface area (Å²) in [6.07, 6.45) is 6.61. The van der Waals surface area contributed by atoms with Crippen LogP contribution in [0.3, 0.4) is 0 Å². The highest BCUT2D eigenvalue weighted by molar-refractivity contribution is 6.01. The third-order valence-electron chi connectivity index (χ3n) is 4.25. The maximum Gasteiger partial charge on any atom is 0.182 e. The van der Waals surface area contributed by atoms with Crippen molar-refractivity contribution in [1.29, 1.82) is 0 Å². The summed E-state index contributed by atoms with van der Waals surface area (Å²) in [5, 5.41) is 8.89. The summed E-state index contributed by atoms with van der Waals surface area (Å²) < 4.78 is 5.62. The third kappa shape index (κ3) is 2.12. The van der Waals surface area contributed by atoms with Crippen LogP contribution in [0.25, 0.3) is 0 Å². The number of aliphatic hydroxyl groups is 1. The Hall–Kier alpha value is -1.09. The smallest absolute Gasteiger partial charge is 0.182 e. The molecule has 0 saturated heterocycles. The van der Waals surface area contributed by atoms with Crippen molar-refractivity contribution in [2.75, 3.05) is 13.2 Å². The number of ether oxygens (including phenoxy) is 1. The second-order valence-corrected chi connectivity index (χ2v) is 6.11. The van der Waals surface area contributed by atoms with Crippen LogP contribution in [0.5, 0.6) is 0 Å². The average Bonchev–Trinajstić information content (AvgIpc) is 2.28. The van der Waals surface area contributed by atoms with E-state index < -0.39 is 0 Å². The molecule has 0 amide bonds. The van der Waals surface area contributed by atoms with Crippen LogP contribution < -0.4 is 0 Å². The summed E-state index contributed by atoms with van der Waals surface area (Å²) >= 11 is 0. The van der Waals surface area contributed by atoms with Crippen LogP contribution >= 0.6 is 0 Å². The monoisotopic (exact) mass is 250 g/mol. The van der Waals surface area contributed by atoms with Gasteiger partial charge in [-0.05, 0) is 36.8 Å². The fraction of sp³-hybridized carbons (Fsp3) is 0.667. The van der Waals surface area contributed by atoms with Crippen molar-refractivity contribution in [3.8, 4) is 0 Å². The molecule has 0 aromatic rings. The molecule has 1 N–H and O–H groups in total. The number of ketones is 1. The van der Waals surface area contributed by atoms with Crippen molar-refractivity contribution >= 4 is 5.78 Å². The van der Waals surface area contributed by atoms with Gasteiger partial charge >= 0.3 is 0 Å². The van der Waals surface area contributed by atoms with E-state index >= 15 is 0 Å². The highest BCUT2D eigenvalue weighted by atomic mass is 16.5. The number of aliphatic hydroxyl groups excluding tert-OH is 1. The van der Waals surface area contributed by atoms with E-state index in [1.54, 1.807) is 12.2 Å². The summed E-state index contributed by atoms with van der Waals surface area (Å²) in [6.45, 7) is 6.76. The third-order valence-corrected chi connectivity index (χ3v) is 4.25. The molecule has 0 unspecified atom stereocenters. The Bertz CT molecular complexity index is 417. The first kappa shape index (κ1) is 13.3. The largest absolute Gasteiger partial charge is 0.494 e. The van der Waals surface area contributed by atoms with Gasteiger partial charge in [0.15, 0.2) is 5.78 Å². The molecular formula is C15H22O3. The van der Waals surface area contributed by atoms with Gasteiger partial charge in [0.2, 0.25) is 0 Å². The molecule has 0 heterocycles. The van der Waals surface area contributed by atoms with E-state index in [4.69, 9.17) is 9.84 Å². The maximum absolute atomic E-state index is 11.8. The van der Waals surface area contributed by atoms with Crippen LogP contribution in [0.1, 0.15) is 40.0 Å². The fourth-order valence-corrected chi connectivity index (χ4v) is 3.34. The molecule has 100 valence electrons. The molecule has 1 atom stereocenters. The molecule has 18 heavy (non-hydrogen) atoms. The SMILES string of the molecule is CC1(C)CCC[C@@]2(C)C(OCCO)=CC(=O)C=C12. The van der Waals surface area contributed by atoms with E-state index in [0.717, 1.165) is 25.0 Å². The number of rotatable bonds is 3. The lowest BCUT2D eigenvalue weighted by Crippen LogP contribution is -2.39. The zero-order valence-electron chi connectivity index (χ0n) is 11.5. The minimum atomic E-state index is -0.176. The van der Waals surface area contributed by atoms with Gasteiger partial charge in [-0.25, -0.2) is 0 Å². The molecule has 1 saturated carbocycles. The summed E-state index contributed by atoms with van der Waals surface area (Å²) in [6, 6.07) is 0. The molecule has 2 aliphatic carbocycles. The second-order valence-electron chi connectivity index (χ2n) is 6.11. The van der Waals surface area contributed by atoms with Crippen LogP contribution in [0.4, 0.5) is 0 Å². The van der Waals surface area contributed by atoms with Gasteiger partial charge in [-0.2, -0.15) is 0 Å². The second kappa shape index (κ2) is 4.54. The van der Waals surface area contributed by atoms with Crippen LogP contribution in [0.2, 0.25) is 0 Å². The number of hydrogen-bond donors (Lipinski definition) is 1. The van der Waals surface area contributed by atoms with Crippen molar-refractivity contribution in [3.05, 3.63) is 23.5 Å². The van der Waals surface area contributed by atoms with Gasteiger partial charge in [-0.15, -0.1) is 0 Å². The fourth-order valence-electron chi connectivity index (χ4n) is 3.34. The van der Waals surface area contributed by atoms with Crippen molar-refractivity contribution in [2.45, 2.75) is 40.0 Å². The van der Waals surface area contributed by atoms with E-state index in [9.17, 15) is 4.79 Å². The summed E-state index contributed by atoms with van der Waals surface area (Å²) in [5.41, 5.74) is 1.05. The standard InChI is InChI=1S/C15H22O3/c1-14(2)5-4-6-15(3)12(14)9-11(17)10-13(15)18-8-7-16/h9-10,16H,4-8H2,1-3H3/t15-/m1/s1. The number of allylic oxidation sites excluding steroid dienone is 3. The van der Waals surface area contributed by atoms with Crippen molar-refractivity contribution in [3.63, 3.8) is 0 Å². The number of fused-ring (bicyclic) bond motifs is 1. The molecular weight excluding hydrogens is 228 g/mol. The molecule has 2 rings (SSSR count). The van der Waals surface area contributed by atoms with Gasteiger partial charge < -0.3 is 9.84 Å². The molecule has 3 nitrogen and oxygen atoms in total. The predicted octanol–water partition coefficient (Wildman–Crippen LogP) is 2.60. The van der Waals surface area contributed by atoms with Gasteiger partial charge in [0.05, 0.1) is 6.61 Å². The molecule has 0 aromatic carbocycles. The molecule has 1 fully saturated rings. The molecule has 2 aliphatic rings.